The number of alkyl carbamates (subject to hydrolysis) is 1. The number of nitrogens with one attached hydrogen (secondary N) is 1. The highest BCUT2D eigenvalue weighted by Gasteiger charge is 2.52. The Bertz CT molecular complexity index is 859. The summed E-state index contributed by atoms with van der Waals surface area (Å²) in [6.45, 7) is 16.3. The third-order valence-corrected chi connectivity index (χ3v) is 7.15. The van der Waals surface area contributed by atoms with Crippen LogP contribution < -0.4 is 10.8 Å². The Labute approximate surface area is 200 Å². The maximum atomic E-state index is 12.7. The molecule has 2 saturated heterocycles. The number of amides is 2. The Hall–Kier alpha value is -1.85. The van der Waals surface area contributed by atoms with Crippen molar-refractivity contribution in [1.82, 2.24) is 20.2 Å². The number of carbonyl (C=O) groups excluding carboxylic acids is 2. The molecule has 2 fully saturated rings. The van der Waals surface area contributed by atoms with Gasteiger partial charge in [0.2, 0.25) is 5.91 Å². The molecule has 1 aromatic rings. The van der Waals surface area contributed by atoms with Crippen LogP contribution in [0.3, 0.4) is 0 Å². The van der Waals surface area contributed by atoms with Crippen molar-refractivity contribution in [2.45, 2.75) is 95.1 Å². The van der Waals surface area contributed by atoms with E-state index in [0.717, 1.165) is 11.9 Å². The van der Waals surface area contributed by atoms with Gasteiger partial charge in [-0.2, -0.15) is 0 Å². The summed E-state index contributed by atoms with van der Waals surface area (Å²) in [5.74, 6) is -0.124. The normalized spacial score (nSPS) is 22.8. The summed E-state index contributed by atoms with van der Waals surface area (Å²) in [6.07, 6.45) is 3.71. The monoisotopic (exact) mass is 478 g/mol. The molecule has 2 aliphatic rings. The summed E-state index contributed by atoms with van der Waals surface area (Å²) in [7, 11) is -0.493. The first-order valence-corrected chi connectivity index (χ1v) is 12.2. The van der Waals surface area contributed by atoms with Crippen LogP contribution in [-0.4, -0.2) is 75.2 Å². The molecule has 2 unspecified atom stereocenters. The van der Waals surface area contributed by atoms with E-state index in [4.69, 9.17) is 14.0 Å². The molecular weight excluding hydrogens is 443 g/mol. The Balaban J connectivity index is 1.50. The maximum Gasteiger partial charge on any atom is 0.498 e. The van der Waals surface area contributed by atoms with Crippen LogP contribution in [0, 0.1) is 0 Å². The van der Waals surface area contributed by atoms with Crippen molar-refractivity contribution < 1.29 is 23.6 Å². The summed E-state index contributed by atoms with van der Waals surface area (Å²) < 4.78 is 17.3. The van der Waals surface area contributed by atoms with Crippen molar-refractivity contribution >= 4 is 36.3 Å². The van der Waals surface area contributed by atoms with Crippen molar-refractivity contribution in [3.05, 3.63) is 12.4 Å². The van der Waals surface area contributed by atoms with Crippen LogP contribution in [0.1, 0.15) is 61.8 Å². The number of rotatable bonds is 5. The number of hydrogen-bond acceptors (Lipinski definition) is 8. The van der Waals surface area contributed by atoms with Crippen molar-refractivity contribution in [2.24, 2.45) is 0 Å². The standard InChI is InChI=1S/C22H35BN4O5S/c1-14(26-19(29)30-20(2,3)4)17(28)27-10-9-16(13-27)33-18-24-11-15(12-25-18)23-31-21(5,6)22(7,8)32-23/h11-12,14,16H,9-10,13H2,1-8H3,(H,26,29). The van der Waals surface area contributed by atoms with Gasteiger partial charge in [-0.05, 0) is 61.8 Å². The number of thioether (sulfide) groups is 1. The van der Waals surface area contributed by atoms with E-state index in [1.165, 1.54) is 0 Å². The number of ether oxygens (including phenoxy) is 1. The average Bonchev–Trinajstić information content (AvgIpc) is 3.21. The van der Waals surface area contributed by atoms with E-state index in [1.807, 2.05) is 27.7 Å². The number of likely N-dealkylation sites (tertiary alicyclic amines) is 1. The predicted octanol–water partition coefficient (Wildman–Crippen LogP) is 2.38. The van der Waals surface area contributed by atoms with E-state index in [9.17, 15) is 9.59 Å². The average molecular weight is 478 g/mol. The highest BCUT2D eigenvalue weighted by atomic mass is 32.2. The Morgan fingerprint density at radius 2 is 1.79 bits per heavy atom. The molecule has 33 heavy (non-hydrogen) atoms. The van der Waals surface area contributed by atoms with Crippen LogP contribution in [0.15, 0.2) is 17.6 Å². The SMILES string of the molecule is CC(NC(=O)OC(C)(C)C)C(=O)N1CCC(Sc2ncc(B3OC(C)(C)C(C)(C)O3)cn2)C1. The van der Waals surface area contributed by atoms with Gasteiger partial charge in [0, 0.05) is 36.2 Å². The molecule has 0 bridgehead atoms. The molecule has 0 spiro atoms. The first kappa shape index (κ1) is 25.8. The zero-order valence-electron chi connectivity index (χ0n) is 20.8. The number of nitrogens with zero attached hydrogens (tertiary/aromatic N) is 3. The predicted molar refractivity (Wildman–Crippen MR) is 127 cm³/mol. The van der Waals surface area contributed by atoms with E-state index in [-0.39, 0.29) is 11.2 Å². The summed E-state index contributed by atoms with van der Waals surface area (Å²) in [6, 6.07) is -0.654. The molecule has 2 atom stereocenters. The fourth-order valence-corrected chi connectivity index (χ4v) is 4.48. The lowest BCUT2D eigenvalue weighted by molar-refractivity contribution is -0.131. The van der Waals surface area contributed by atoms with E-state index in [2.05, 4.69) is 15.3 Å². The van der Waals surface area contributed by atoms with Crippen LogP contribution in [-0.2, 0) is 18.8 Å². The van der Waals surface area contributed by atoms with E-state index in [1.54, 1.807) is 56.8 Å². The fourth-order valence-electron chi connectivity index (χ4n) is 3.48. The molecule has 0 saturated carbocycles. The highest BCUT2D eigenvalue weighted by molar-refractivity contribution is 7.99. The van der Waals surface area contributed by atoms with Gasteiger partial charge in [0.25, 0.3) is 0 Å². The number of carbonyl (C=O) groups is 2. The number of hydrogen-bond donors (Lipinski definition) is 1. The maximum absolute atomic E-state index is 12.7. The fraction of sp³-hybridized carbons (Fsp3) is 0.727. The molecule has 3 rings (SSSR count). The summed E-state index contributed by atoms with van der Waals surface area (Å²) in [5.41, 5.74) is -0.663. The van der Waals surface area contributed by atoms with Gasteiger partial charge < -0.3 is 24.3 Å². The van der Waals surface area contributed by atoms with Gasteiger partial charge in [-0.25, -0.2) is 14.8 Å². The molecule has 1 aromatic heterocycles. The largest absolute Gasteiger partial charge is 0.498 e. The van der Waals surface area contributed by atoms with Gasteiger partial charge in [0.05, 0.1) is 11.2 Å². The highest BCUT2D eigenvalue weighted by Crippen LogP contribution is 2.36. The molecule has 182 valence electrons. The topological polar surface area (TPSA) is 103 Å². The Morgan fingerprint density at radius 1 is 1.21 bits per heavy atom. The van der Waals surface area contributed by atoms with Gasteiger partial charge in [-0.15, -0.1) is 0 Å². The molecule has 1 N–H and O–H groups in total. The quantitative estimate of drug-likeness (QED) is 0.509. The third-order valence-electron chi connectivity index (χ3n) is 6.01. The van der Waals surface area contributed by atoms with E-state index < -0.39 is 36.1 Å². The minimum atomic E-state index is -0.654. The minimum Gasteiger partial charge on any atom is -0.444 e. The van der Waals surface area contributed by atoms with Gasteiger partial charge in [0.1, 0.15) is 11.6 Å². The number of aromatic nitrogens is 2. The van der Waals surface area contributed by atoms with Crippen LogP contribution in [0.5, 0.6) is 0 Å². The molecule has 11 heteroatoms. The van der Waals surface area contributed by atoms with Crippen molar-refractivity contribution in [2.75, 3.05) is 13.1 Å². The van der Waals surface area contributed by atoms with E-state index in [0.29, 0.717) is 18.2 Å². The molecule has 2 amide bonds. The third kappa shape index (κ3) is 6.39. The smallest absolute Gasteiger partial charge is 0.444 e. The zero-order valence-corrected chi connectivity index (χ0v) is 21.6. The van der Waals surface area contributed by atoms with Gasteiger partial charge in [-0.1, -0.05) is 11.8 Å². The first-order valence-electron chi connectivity index (χ1n) is 11.3. The summed E-state index contributed by atoms with van der Waals surface area (Å²) in [4.78, 5) is 35.4. The second-order valence-electron chi connectivity index (χ2n) is 10.6. The summed E-state index contributed by atoms with van der Waals surface area (Å²) >= 11 is 1.55. The minimum absolute atomic E-state index is 0.124. The molecule has 0 aliphatic carbocycles. The van der Waals surface area contributed by atoms with Crippen molar-refractivity contribution in [3.8, 4) is 0 Å². The summed E-state index contributed by atoms with van der Waals surface area (Å²) in [5, 5.41) is 3.45. The second kappa shape index (κ2) is 9.42. The zero-order chi connectivity index (χ0) is 24.6. The van der Waals surface area contributed by atoms with Gasteiger partial charge in [-0.3, -0.25) is 4.79 Å². The molecular formula is C22H35BN4O5S. The van der Waals surface area contributed by atoms with Gasteiger partial charge in [0.15, 0.2) is 5.16 Å². The van der Waals surface area contributed by atoms with Crippen molar-refractivity contribution in [3.63, 3.8) is 0 Å². The molecule has 2 aliphatic heterocycles. The Kier molecular flexibility index (Phi) is 7.36. The molecule has 0 aromatic carbocycles. The van der Waals surface area contributed by atoms with Crippen LogP contribution in [0.4, 0.5) is 4.79 Å². The molecule has 0 radical (unpaired) electrons. The first-order chi connectivity index (χ1) is 15.2. The molecule has 9 nitrogen and oxygen atoms in total. The lowest BCUT2D eigenvalue weighted by atomic mass is 9.81. The molecule has 3 heterocycles. The van der Waals surface area contributed by atoms with Crippen LogP contribution in [0.25, 0.3) is 0 Å². The van der Waals surface area contributed by atoms with Gasteiger partial charge >= 0.3 is 13.2 Å². The van der Waals surface area contributed by atoms with Crippen LogP contribution >= 0.6 is 11.8 Å². The van der Waals surface area contributed by atoms with Crippen molar-refractivity contribution in [1.29, 1.82) is 0 Å². The van der Waals surface area contributed by atoms with Crippen LogP contribution in [0.2, 0.25) is 0 Å². The lowest BCUT2D eigenvalue weighted by Gasteiger charge is -2.32. The second-order valence-corrected chi connectivity index (χ2v) is 11.8. The lowest BCUT2D eigenvalue weighted by Crippen LogP contribution is -2.47. The van der Waals surface area contributed by atoms with E-state index >= 15 is 0 Å². The Morgan fingerprint density at radius 3 is 2.33 bits per heavy atom.